The monoisotopic (exact) mass is 255 g/mol. The van der Waals surface area contributed by atoms with Crippen molar-refractivity contribution < 1.29 is 4.74 Å². The van der Waals surface area contributed by atoms with Gasteiger partial charge in [-0.1, -0.05) is 42.8 Å². The van der Waals surface area contributed by atoms with Gasteiger partial charge in [-0.2, -0.15) is 0 Å². The Morgan fingerprint density at radius 1 is 1.11 bits per heavy atom. The first-order valence-corrected chi connectivity index (χ1v) is 6.66. The van der Waals surface area contributed by atoms with Gasteiger partial charge in [-0.25, -0.2) is 0 Å². The van der Waals surface area contributed by atoms with Crippen molar-refractivity contribution in [1.29, 1.82) is 0 Å². The maximum atomic E-state index is 6.04. The van der Waals surface area contributed by atoms with Gasteiger partial charge in [-0.15, -0.1) is 0 Å². The van der Waals surface area contributed by atoms with Crippen LogP contribution < -0.4 is 10.5 Å². The molecule has 0 bridgehead atoms. The summed E-state index contributed by atoms with van der Waals surface area (Å²) in [5.74, 6) is 0.901. The molecule has 0 saturated heterocycles. The zero-order valence-electron chi connectivity index (χ0n) is 11.8. The highest BCUT2D eigenvalue weighted by molar-refractivity contribution is 5.71. The third-order valence-electron chi connectivity index (χ3n) is 3.44. The minimum absolute atomic E-state index is 0.119. The first kappa shape index (κ1) is 13.6. The molecular formula is C17H21NO. The van der Waals surface area contributed by atoms with Gasteiger partial charge < -0.3 is 10.5 Å². The van der Waals surface area contributed by atoms with E-state index in [0.29, 0.717) is 0 Å². The second kappa shape index (κ2) is 5.89. The molecule has 2 rings (SSSR count). The molecule has 0 heterocycles. The van der Waals surface area contributed by atoms with E-state index in [1.165, 1.54) is 11.1 Å². The lowest BCUT2D eigenvalue weighted by atomic mass is 9.98. The molecule has 0 aliphatic carbocycles. The van der Waals surface area contributed by atoms with Crippen LogP contribution in [0.4, 0.5) is 0 Å². The highest BCUT2D eigenvalue weighted by Gasteiger charge is 2.07. The van der Waals surface area contributed by atoms with E-state index >= 15 is 0 Å². The summed E-state index contributed by atoms with van der Waals surface area (Å²) in [4.78, 5) is 0. The third kappa shape index (κ3) is 2.96. The van der Waals surface area contributed by atoms with Crippen molar-refractivity contribution in [1.82, 2.24) is 0 Å². The molecule has 1 unspecified atom stereocenters. The number of aryl methyl sites for hydroxylation is 1. The van der Waals surface area contributed by atoms with Gasteiger partial charge >= 0.3 is 0 Å². The van der Waals surface area contributed by atoms with Gasteiger partial charge in [0.2, 0.25) is 0 Å². The summed E-state index contributed by atoms with van der Waals surface area (Å²) < 4.78 is 5.43. The van der Waals surface area contributed by atoms with Gasteiger partial charge in [0.25, 0.3) is 0 Å². The molecule has 2 aromatic rings. The highest BCUT2D eigenvalue weighted by atomic mass is 16.5. The zero-order valence-corrected chi connectivity index (χ0v) is 11.8. The van der Waals surface area contributed by atoms with Gasteiger partial charge in [0.1, 0.15) is 5.75 Å². The molecule has 0 spiro atoms. The van der Waals surface area contributed by atoms with Crippen LogP contribution in [0.3, 0.4) is 0 Å². The summed E-state index contributed by atoms with van der Waals surface area (Å²) >= 11 is 0. The van der Waals surface area contributed by atoms with Crippen LogP contribution in [0.5, 0.6) is 5.75 Å². The van der Waals surface area contributed by atoms with Crippen molar-refractivity contribution in [3.63, 3.8) is 0 Å². The van der Waals surface area contributed by atoms with Crippen molar-refractivity contribution in [2.45, 2.75) is 26.3 Å². The Morgan fingerprint density at radius 3 is 2.37 bits per heavy atom. The predicted octanol–water partition coefficient (Wildman–Crippen LogP) is 4.08. The van der Waals surface area contributed by atoms with Gasteiger partial charge in [0.05, 0.1) is 7.11 Å². The fourth-order valence-corrected chi connectivity index (χ4v) is 2.19. The van der Waals surface area contributed by atoms with Gasteiger partial charge in [-0.05, 0) is 36.6 Å². The first-order valence-electron chi connectivity index (χ1n) is 6.66. The van der Waals surface area contributed by atoms with Crippen molar-refractivity contribution >= 4 is 0 Å². The Bertz CT molecular complexity index is 546. The molecule has 0 radical (unpaired) electrons. The van der Waals surface area contributed by atoms with Crippen LogP contribution in [0.25, 0.3) is 11.1 Å². The van der Waals surface area contributed by atoms with Gasteiger partial charge in [0.15, 0.2) is 0 Å². The van der Waals surface area contributed by atoms with E-state index < -0.39 is 0 Å². The fraction of sp³-hybridized carbons (Fsp3) is 0.294. The number of ether oxygens (including phenoxy) is 1. The van der Waals surface area contributed by atoms with Crippen molar-refractivity contribution in [3.8, 4) is 16.9 Å². The molecule has 0 aliphatic heterocycles. The third-order valence-corrected chi connectivity index (χ3v) is 3.44. The number of rotatable bonds is 4. The van der Waals surface area contributed by atoms with Crippen LogP contribution in [-0.4, -0.2) is 7.11 Å². The topological polar surface area (TPSA) is 35.2 Å². The number of nitrogens with two attached hydrogens (primary N) is 1. The van der Waals surface area contributed by atoms with Gasteiger partial charge in [0, 0.05) is 11.6 Å². The molecule has 0 aliphatic rings. The standard InChI is InChI=1S/C17H21NO/c1-4-16(18)14-8-6-13(7-9-14)15-11-12(2)5-10-17(15)19-3/h5-11,16H,4,18H2,1-3H3. The molecule has 0 fully saturated rings. The second-order valence-electron chi connectivity index (χ2n) is 4.84. The van der Waals surface area contributed by atoms with Crippen molar-refractivity contribution in [2.24, 2.45) is 5.73 Å². The van der Waals surface area contributed by atoms with E-state index in [2.05, 4.69) is 50.2 Å². The number of hydrogen-bond acceptors (Lipinski definition) is 2. The fourth-order valence-electron chi connectivity index (χ4n) is 2.19. The van der Waals surface area contributed by atoms with E-state index in [9.17, 15) is 0 Å². The Morgan fingerprint density at radius 2 is 1.79 bits per heavy atom. The summed E-state index contributed by atoms with van der Waals surface area (Å²) in [6, 6.07) is 14.8. The number of methoxy groups -OCH3 is 1. The zero-order chi connectivity index (χ0) is 13.8. The minimum Gasteiger partial charge on any atom is -0.496 e. The Labute approximate surface area is 115 Å². The van der Waals surface area contributed by atoms with Crippen LogP contribution in [0.2, 0.25) is 0 Å². The Kier molecular flexibility index (Phi) is 4.23. The number of hydrogen-bond donors (Lipinski definition) is 1. The molecule has 0 amide bonds. The Hall–Kier alpha value is -1.80. The van der Waals surface area contributed by atoms with Crippen LogP contribution in [0, 0.1) is 6.92 Å². The molecule has 19 heavy (non-hydrogen) atoms. The van der Waals surface area contributed by atoms with Crippen molar-refractivity contribution in [2.75, 3.05) is 7.11 Å². The first-order chi connectivity index (χ1) is 9.15. The summed E-state index contributed by atoms with van der Waals surface area (Å²) in [5, 5.41) is 0. The maximum absolute atomic E-state index is 6.04. The minimum atomic E-state index is 0.119. The van der Waals surface area contributed by atoms with Crippen LogP contribution >= 0.6 is 0 Å². The number of benzene rings is 2. The van der Waals surface area contributed by atoms with E-state index in [-0.39, 0.29) is 6.04 Å². The van der Waals surface area contributed by atoms with Crippen LogP contribution in [0.1, 0.15) is 30.5 Å². The summed E-state index contributed by atoms with van der Waals surface area (Å²) in [6.07, 6.45) is 0.952. The quantitative estimate of drug-likeness (QED) is 0.893. The molecule has 2 nitrogen and oxygen atoms in total. The summed E-state index contributed by atoms with van der Waals surface area (Å²) in [6.45, 7) is 4.19. The van der Waals surface area contributed by atoms with E-state index in [0.717, 1.165) is 23.3 Å². The lowest BCUT2D eigenvalue weighted by Crippen LogP contribution is -2.08. The van der Waals surface area contributed by atoms with E-state index in [4.69, 9.17) is 10.5 Å². The largest absolute Gasteiger partial charge is 0.496 e. The van der Waals surface area contributed by atoms with E-state index in [1.54, 1.807) is 7.11 Å². The second-order valence-corrected chi connectivity index (χ2v) is 4.84. The summed E-state index contributed by atoms with van der Waals surface area (Å²) in [7, 11) is 1.70. The molecule has 2 N–H and O–H groups in total. The van der Waals surface area contributed by atoms with Crippen molar-refractivity contribution in [3.05, 3.63) is 53.6 Å². The average molecular weight is 255 g/mol. The summed E-state index contributed by atoms with van der Waals surface area (Å²) in [5.41, 5.74) is 10.7. The molecule has 100 valence electrons. The lowest BCUT2D eigenvalue weighted by molar-refractivity contribution is 0.416. The maximum Gasteiger partial charge on any atom is 0.126 e. The van der Waals surface area contributed by atoms with Crippen LogP contribution in [-0.2, 0) is 0 Å². The molecule has 2 heteroatoms. The van der Waals surface area contributed by atoms with Crippen LogP contribution in [0.15, 0.2) is 42.5 Å². The molecular weight excluding hydrogens is 234 g/mol. The smallest absolute Gasteiger partial charge is 0.126 e. The van der Waals surface area contributed by atoms with E-state index in [1.807, 2.05) is 6.07 Å². The molecule has 0 aromatic heterocycles. The predicted molar refractivity (Wildman–Crippen MR) is 80.4 cm³/mol. The molecule has 1 atom stereocenters. The van der Waals surface area contributed by atoms with Gasteiger partial charge in [-0.3, -0.25) is 0 Å². The Balaban J connectivity index is 2.39. The molecule has 0 saturated carbocycles. The lowest BCUT2D eigenvalue weighted by Gasteiger charge is -2.12. The normalized spacial score (nSPS) is 12.2. The molecule has 2 aromatic carbocycles. The average Bonchev–Trinajstić information content (AvgIpc) is 2.46. The highest BCUT2D eigenvalue weighted by Crippen LogP contribution is 2.31. The SMILES string of the molecule is CCC(N)c1ccc(-c2cc(C)ccc2OC)cc1.